The maximum Gasteiger partial charge on any atom is 0.118 e. The van der Waals surface area contributed by atoms with E-state index < -0.39 is 0 Å². The zero-order chi connectivity index (χ0) is 14.2. The van der Waals surface area contributed by atoms with Crippen LogP contribution in [0.2, 0.25) is 0 Å². The van der Waals surface area contributed by atoms with E-state index in [1.165, 1.54) is 11.1 Å². The van der Waals surface area contributed by atoms with Gasteiger partial charge in [-0.05, 0) is 30.3 Å². The second-order valence-corrected chi connectivity index (χ2v) is 4.62. The van der Waals surface area contributed by atoms with Gasteiger partial charge in [0.25, 0.3) is 0 Å². The molecule has 3 heteroatoms. The molecule has 0 saturated carbocycles. The van der Waals surface area contributed by atoms with Crippen molar-refractivity contribution in [3.05, 3.63) is 65.7 Å². The van der Waals surface area contributed by atoms with Crippen molar-refractivity contribution in [2.24, 2.45) is 0 Å². The van der Waals surface area contributed by atoms with Gasteiger partial charge in [0.05, 0.1) is 26.4 Å². The quantitative estimate of drug-likeness (QED) is 0.839. The minimum Gasteiger partial charge on any atom is -0.497 e. The van der Waals surface area contributed by atoms with Crippen LogP contribution in [0.3, 0.4) is 0 Å². The van der Waals surface area contributed by atoms with Gasteiger partial charge in [-0.25, -0.2) is 0 Å². The third-order valence-corrected chi connectivity index (χ3v) is 3.26. The molecular formula is C17H21NO2. The van der Waals surface area contributed by atoms with Crippen LogP contribution in [0.4, 0.5) is 0 Å². The predicted molar refractivity (Wildman–Crippen MR) is 80.9 cm³/mol. The molecule has 2 aromatic carbocycles. The molecule has 0 amide bonds. The van der Waals surface area contributed by atoms with Crippen LogP contribution >= 0.6 is 0 Å². The smallest absolute Gasteiger partial charge is 0.118 e. The van der Waals surface area contributed by atoms with Crippen LogP contribution in [0, 0.1) is 0 Å². The summed E-state index contributed by atoms with van der Waals surface area (Å²) in [4.78, 5) is 0. The number of ether oxygens (including phenoxy) is 2. The average Bonchev–Trinajstić information content (AvgIpc) is 2.53. The molecular weight excluding hydrogens is 250 g/mol. The van der Waals surface area contributed by atoms with Crippen molar-refractivity contribution in [2.45, 2.75) is 12.6 Å². The first-order valence-corrected chi connectivity index (χ1v) is 6.76. The standard InChI is InChI=1S/C17H21NO2/c1-18-17(15-8-10-16(19-2)11-9-15)13-20-12-14-6-4-3-5-7-14/h3-11,17-18H,12-13H2,1-2H3. The van der Waals surface area contributed by atoms with Crippen LogP contribution in [-0.4, -0.2) is 20.8 Å². The van der Waals surface area contributed by atoms with E-state index in [1.54, 1.807) is 7.11 Å². The van der Waals surface area contributed by atoms with Gasteiger partial charge in [-0.2, -0.15) is 0 Å². The number of hydrogen-bond donors (Lipinski definition) is 1. The monoisotopic (exact) mass is 271 g/mol. The van der Waals surface area contributed by atoms with E-state index in [2.05, 4.69) is 29.6 Å². The Morgan fingerprint density at radius 1 is 1.00 bits per heavy atom. The molecule has 0 heterocycles. The van der Waals surface area contributed by atoms with Crippen molar-refractivity contribution in [1.82, 2.24) is 5.32 Å². The number of rotatable bonds is 7. The lowest BCUT2D eigenvalue weighted by molar-refractivity contribution is 0.101. The molecule has 106 valence electrons. The molecule has 0 aliphatic heterocycles. The van der Waals surface area contributed by atoms with Gasteiger partial charge in [-0.15, -0.1) is 0 Å². The van der Waals surface area contributed by atoms with Crippen molar-refractivity contribution in [3.8, 4) is 5.75 Å². The average molecular weight is 271 g/mol. The Morgan fingerprint density at radius 2 is 1.70 bits per heavy atom. The molecule has 0 aromatic heterocycles. The summed E-state index contributed by atoms with van der Waals surface area (Å²) in [5, 5.41) is 3.28. The Balaban J connectivity index is 1.88. The molecule has 3 nitrogen and oxygen atoms in total. The Kier molecular flexibility index (Phi) is 5.59. The van der Waals surface area contributed by atoms with Crippen LogP contribution in [0.25, 0.3) is 0 Å². The topological polar surface area (TPSA) is 30.5 Å². The van der Waals surface area contributed by atoms with E-state index in [9.17, 15) is 0 Å². The highest BCUT2D eigenvalue weighted by Crippen LogP contribution is 2.18. The summed E-state index contributed by atoms with van der Waals surface area (Å²) in [6, 6.07) is 18.5. The summed E-state index contributed by atoms with van der Waals surface area (Å²) in [6.07, 6.45) is 0. The molecule has 1 N–H and O–H groups in total. The molecule has 0 fully saturated rings. The Labute approximate surface area is 120 Å². The third kappa shape index (κ3) is 4.08. The molecule has 1 unspecified atom stereocenters. The minimum atomic E-state index is 0.185. The molecule has 0 spiro atoms. The third-order valence-electron chi connectivity index (χ3n) is 3.26. The van der Waals surface area contributed by atoms with Gasteiger partial charge < -0.3 is 14.8 Å². The van der Waals surface area contributed by atoms with E-state index >= 15 is 0 Å². The Morgan fingerprint density at radius 3 is 2.30 bits per heavy atom. The van der Waals surface area contributed by atoms with Crippen molar-refractivity contribution in [3.63, 3.8) is 0 Å². The molecule has 0 radical (unpaired) electrons. The van der Waals surface area contributed by atoms with Crippen LogP contribution in [0.5, 0.6) is 5.75 Å². The predicted octanol–water partition coefficient (Wildman–Crippen LogP) is 3.17. The molecule has 2 aromatic rings. The van der Waals surface area contributed by atoms with Gasteiger partial charge in [-0.1, -0.05) is 42.5 Å². The fourth-order valence-corrected chi connectivity index (χ4v) is 2.05. The molecule has 1 atom stereocenters. The van der Waals surface area contributed by atoms with Gasteiger partial charge in [0.2, 0.25) is 0 Å². The van der Waals surface area contributed by atoms with Crippen LogP contribution in [0.1, 0.15) is 17.2 Å². The number of likely N-dealkylation sites (N-methyl/N-ethyl adjacent to an activating group) is 1. The van der Waals surface area contributed by atoms with Gasteiger partial charge in [0.1, 0.15) is 5.75 Å². The SMILES string of the molecule is CNC(COCc1ccccc1)c1ccc(OC)cc1. The highest BCUT2D eigenvalue weighted by atomic mass is 16.5. The number of nitrogens with one attached hydrogen (secondary N) is 1. The summed E-state index contributed by atoms with van der Waals surface area (Å²) >= 11 is 0. The number of benzene rings is 2. The molecule has 0 saturated heterocycles. The zero-order valence-electron chi connectivity index (χ0n) is 12.0. The summed E-state index contributed by atoms with van der Waals surface area (Å²) in [6.45, 7) is 1.27. The maximum absolute atomic E-state index is 5.79. The van der Waals surface area contributed by atoms with Gasteiger partial charge in [0, 0.05) is 0 Å². The maximum atomic E-state index is 5.79. The van der Waals surface area contributed by atoms with E-state index in [1.807, 2.05) is 37.4 Å². The summed E-state index contributed by atoms with van der Waals surface area (Å²) in [5.74, 6) is 0.869. The molecule has 2 rings (SSSR count). The normalized spacial score (nSPS) is 12.1. The highest BCUT2D eigenvalue weighted by molar-refractivity contribution is 5.29. The first-order valence-electron chi connectivity index (χ1n) is 6.76. The lowest BCUT2D eigenvalue weighted by Crippen LogP contribution is -2.21. The van der Waals surface area contributed by atoms with Crippen LogP contribution < -0.4 is 10.1 Å². The summed E-state index contributed by atoms with van der Waals surface area (Å²) < 4.78 is 11.0. The second-order valence-electron chi connectivity index (χ2n) is 4.62. The summed E-state index contributed by atoms with van der Waals surface area (Å²) in [7, 11) is 3.62. The van der Waals surface area contributed by atoms with Crippen molar-refractivity contribution in [1.29, 1.82) is 0 Å². The lowest BCUT2D eigenvalue weighted by Gasteiger charge is -2.17. The zero-order valence-corrected chi connectivity index (χ0v) is 12.0. The van der Waals surface area contributed by atoms with Gasteiger partial charge >= 0.3 is 0 Å². The van der Waals surface area contributed by atoms with E-state index in [4.69, 9.17) is 9.47 Å². The summed E-state index contributed by atoms with van der Waals surface area (Å²) in [5.41, 5.74) is 2.39. The minimum absolute atomic E-state index is 0.185. The second kappa shape index (κ2) is 7.68. The van der Waals surface area contributed by atoms with Crippen molar-refractivity contribution < 1.29 is 9.47 Å². The molecule has 0 bridgehead atoms. The lowest BCUT2D eigenvalue weighted by atomic mass is 10.1. The molecule has 0 aliphatic rings. The number of hydrogen-bond acceptors (Lipinski definition) is 3. The first-order chi connectivity index (χ1) is 9.83. The highest BCUT2D eigenvalue weighted by Gasteiger charge is 2.09. The molecule has 0 aliphatic carbocycles. The Bertz CT molecular complexity index is 496. The number of methoxy groups -OCH3 is 1. The van der Waals surface area contributed by atoms with E-state index in [-0.39, 0.29) is 6.04 Å². The Hall–Kier alpha value is -1.84. The molecule has 20 heavy (non-hydrogen) atoms. The van der Waals surface area contributed by atoms with Crippen molar-refractivity contribution in [2.75, 3.05) is 20.8 Å². The van der Waals surface area contributed by atoms with Crippen LogP contribution in [-0.2, 0) is 11.3 Å². The fourth-order valence-electron chi connectivity index (χ4n) is 2.05. The van der Waals surface area contributed by atoms with Gasteiger partial charge in [0.15, 0.2) is 0 Å². The first kappa shape index (κ1) is 14.6. The largest absolute Gasteiger partial charge is 0.497 e. The van der Waals surface area contributed by atoms with Gasteiger partial charge in [-0.3, -0.25) is 0 Å². The van der Waals surface area contributed by atoms with E-state index in [0.717, 1.165) is 5.75 Å². The van der Waals surface area contributed by atoms with Crippen molar-refractivity contribution >= 4 is 0 Å². The van der Waals surface area contributed by atoms with Crippen LogP contribution in [0.15, 0.2) is 54.6 Å². The fraction of sp³-hybridized carbons (Fsp3) is 0.294. The van der Waals surface area contributed by atoms with E-state index in [0.29, 0.717) is 13.2 Å².